The molecule has 1 saturated heterocycles. The number of carbonyl (C=O) groups excluding carboxylic acids is 1. The summed E-state index contributed by atoms with van der Waals surface area (Å²) in [5, 5.41) is 1.26. The van der Waals surface area contributed by atoms with Gasteiger partial charge in [-0.15, -0.1) is 0 Å². The van der Waals surface area contributed by atoms with Crippen molar-refractivity contribution in [3.05, 3.63) is 36.0 Å². The Labute approximate surface area is 143 Å². The predicted molar refractivity (Wildman–Crippen MR) is 95.8 cm³/mol. The normalized spacial score (nSPS) is 22.7. The van der Waals surface area contributed by atoms with Gasteiger partial charge in [-0.3, -0.25) is 0 Å². The monoisotopic (exact) mass is 326 g/mol. The van der Waals surface area contributed by atoms with Gasteiger partial charge < -0.3 is 20.1 Å². The van der Waals surface area contributed by atoms with Crippen molar-refractivity contribution in [3.63, 3.8) is 0 Å². The van der Waals surface area contributed by atoms with Gasteiger partial charge in [0, 0.05) is 19.3 Å². The van der Waals surface area contributed by atoms with E-state index in [4.69, 9.17) is 5.73 Å². The van der Waals surface area contributed by atoms with Crippen molar-refractivity contribution in [2.24, 2.45) is 11.7 Å². The number of piperidine rings is 1. The number of carbonyl (C=O) groups is 1. The van der Waals surface area contributed by atoms with E-state index in [9.17, 15) is 4.79 Å². The molecule has 2 amide bonds. The molecule has 0 aliphatic carbocycles. The number of aromatic nitrogens is 1. The minimum absolute atomic E-state index is 0.0933. The fourth-order valence-electron chi connectivity index (χ4n) is 4.42. The molecule has 2 aliphatic rings. The number of para-hydroxylation sites is 1. The average Bonchev–Trinajstić information content (AvgIpc) is 2.91. The van der Waals surface area contributed by atoms with E-state index in [2.05, 4.69) is 47.0 Å². The maximum atomic E-state index is 12.1. The van der Waals surface area contributed by atoms with Gasteiger partial charge in [0.2, 0.25) is 0 Å². The molecule has 5 nitrogen and oxygen atoms in total. The first kappa shape index (κ1) is 15.5. The third-order valence-corrected chi connectivity index (χ3v) is 5.81. The Kier molecular flexibility index (Phi) is 3.96. The predicted octanol–water partition coefficient (Wildman–Crippen LogP) is 2.81. The summed E-state index contributed by atoms with van der Waals surface area (Å²) in [6.45, 7) is 3.79. The minimum Gasteiger partial charge on any atom is -0.351 e. The zero-order valence-corrected chi connectivity index (χ0v) is 14.3. The molecule has 2 aliphatic heterocycles. The topological polar surface area (TPSA) is 54.5 Å². The minimum atomic E-state index is -0.296. The van der Waals surface area contributed by atoms with E-state index in [0.717, 1.165) is 26.1 Å². The quantitative estimate of drug-likeness (QED) is 0.922. The Morgan fingerprint density at radius 3 is 2.71 bits per heavy atom. The third-order valence-electron chi connectivity index (χ3n) is 5.81. The lowest BCUT2D eigenvalue weighted by Gasteiger charge is -2.35. The molecule has 1 unspecified atom stereocenters. The first-order chi connectivity index (χ1) is 11.6. The van der Waals surface area contributed by atoms with E-state index < -0.39 is 0 Å². The average molecular weight is 326 g/mol. The number of amides is 2. The van der Waals surface area contributed by atoms with E-state index >= 15 is 0 Å². The van der Waals surface area contributed by atoms with E-state index in [0.29, 0.717) is 12.5 Å². The molecule has 2 N–H and O–H groups in total. The highest BCUT2D eigenvalue weighted by Gasteiger charge is 2.31. The van der Waals surface area contributed by atoms with Gasteiger partial charge in [0.15, 0.2) is 0 Å². The highest BCUT2D eigenvalue weighted by Crippen LogP contribution is 2.37. The summed E-state index contributed by atoms with van der Waals surface area (Å²) in [6, 6.07) is 8.41. The van der Waals surface area contributed by atoms with Crippen LogP contribution in [-0.2, 0) is 6.54 Å². The second-order valence-electron chi connectivity index (χ2n) is 7.32. The summed E-state index contributed by atoms with van der Waals surface area (Å²) in [4.78, 5) is 16.4. The second kappa shape index (κ2) is 6.13. The van der Waals surface area contributed by atoms with Gasteiger partial charge in [-0.2, -0.15) is 0 Å². The Balaban J connectivity index is 1.71. The van der Waals surface area contributed by atoms with E-state index in [1.807, 2.05) is 4.90 Å². The number of nitrogens with zero attached hydrogens (tertiary/aromatic N) is 3. The number of hydrogen-bond donors (Lipinski definition) is 1. The lowest BCUT2D eigenvalue weighted by atomic mass is 9.86. The summed E-state index contributed by atoms with van der Waals surface area (Å²) < 4.78 is 2.27. The number of urea groups is 1. The van der Waals surface area contributed by atoms with Crippen LogP contribution in [0.4, 0.5) is 4.79 Å². The van der Waals surface area contributed by atoms with Gasteiger partial charge in [0.05, 0.1) is 11.6 Å². The van der Waals surface area contributed by atoms with Crippen molar-refractivity contribution < 1.29 is 4.79 Å². The van der Waals surface area contributed by atoms with Crippen LogP contribution >= 0.6 is 0 Å². The molecule has 1 atom stereocenters. The van der Waals surface area contributed by atoms with Gasteiger partial charge in [0.25, 0.3) is 0 Å². The van der Waals surface area contributed by atoms with Gasteiger partial charge in [-0.25, -0.2) is 4.79 Å². The highest BCUT2D eigenvalue weighted by molar-refractivity contribution is 5.85. The van der Waals surface area contributed by atoms with Crippen molar-refractivity contribution in [1.82, 2.24) is 14.4 Å². The lowest BCUT2D eigenvalue weighted by molar-refractivity contribution is 0.149. The molecular weight excluding hydrogens is 300 g/mol. The van der Waals surface area contributed by atoms with Crippen LogP contribution < -0.4 is 5.73 Å². The SMILES string of the molecule is CN1CCC(CC2c3cccc4ccn(c34)CCN2C(N)=O)CC1. The molecule has 24 heavy (non-hydrogen) atoms. The number of likely N-dealkylation sites (tertiary alicyclic amines) is 1. The fraction of sp³-hybridized carbons (Fsp3) is 0.526. The molecule has 0 bridgehead atoms. The van der Waals surface area contributed by atoms with Crippen LogP contribution in [-0.4, -0.2) is 47.1 Å². The first-order valence-corrected chi connectivity index (χ1v) is 8.96. The number of rotatable bonds is 2. The lowest BCUT2D eigenvalue weighted by Crippen LogP contribution is -2.41. The standard InChI is InChI=1S/C19H26N4O/c1-21-8-5-14(6-9-21)13-17-16-4-2-3-15-7-10-22(18(15)16)11-12-23(17)19(20)24/h2-4,7,10,14,17H,5-6,8-9,11-13H2,1H3,(H2,20,24). The van der Waals surface area contributed by atoms with Crippen LogP contribution in [0.1, 0.15) is 30.9 Å². The maximum absolute atomic E-state index is 12.1. The second-order valence-corrected chi connectivity index (χ2v) is 7.32. The molecule has 1 fully saturated rings. The molecule has 128 valence electrons. The number of benzene rings is 1. The number of nitrogens with two attached hydrogens (primary N) is 1. The van der Waals surface area contributed by atoms with Crippen LogP contribution in [0.2, 0.25) is 0 Å². The van der Waals surface area contributed by atoms with E-state index in [1.165, 1.54) is 29.3 Å². The molecule has 4 rings (SSSR count). The van der Waals surface area contributed by atoms with Crippen molar-refractivity contribution >= 4 is 16.9 Å². The maximum Gasteiger partial charge on any atom is 0.315 e. The summed E-state index contributed by atoms with van der Waals surface area (Å²) in [6.07, 6.45) is 5.56. The number of primary amides is 1. The van der Waals surface area contributed by atoms with Crippen LogP contribution in [0.15, 0.2) is 30.5 Å². The Bertz CT molecular complexity index is 745. The van der Waals surface area contributed by atoms with Gasteiger partial charge in [-0.1, -0.05) is 18.2 Å². The first-order valence-electron chi connectivity index (χ1n) is 8.96. The smallest absolute Gasteiger partial charge is 0.315 e. The van der Waals surface area contributed by atoms with Crippen LogP contribution in [0.3, 0.4) is 0 Å². The summed E-state index contributed by atoms with van der Waals surface area (Å²) in [5.74, 6) is 0.657. The van der Waals surface area contributed by atoms with Crippen molar-refractivity contribution in [1.29, 1.82) is 0 Å². The van der Waals surface area contributed by atoms with E-state index in [-0.39, 0.29) is 12.1 Å². The van der Waals surface area contributed by atoms with Crippen LogP contribution in [0, 0.1) is 5.92 Å². The van der Waals surface area contributed by atoms with Gasteiger partial charge >= 0.3 is 6.03 Å². The Morgan fingerprint density at radius 1 is 1.17 bits per heavy atom. The zero-order valence-electron chi connectivity index (χ0n) is 14.3. The highest BCUT2D eigenvalue weighted by atomic mass is 16.2. The molecule has 3 heterocycles. The molecule has 5 heteroatoms. The molecular formula is C19H26N4O. The van der Waals surface area contributed by atoms with Crippen LogP contribution in [0.25, 0.3) is 10.9 Å². The summed E-state index contributed by atoms with van der Waals surface area (Å²) in [7, 11) is 2.19. The van der Waals surface area contributed by atoms with E-state index in [1.54, 1.807) is 0 Å². The molecule has 1 aromatic heterocycles. The van der Waals surface area contributed by atoms with Crippen molar-refractivity contribution in [2.45, 2.75) is 31.8 Å². The van der Waals surface area contributed by atoms with Crippen LogP contribution in [0.5, 0.6) is 0 Å². The summed E-state index contributed by atoms with van der Waals surface area (Å²) >= 11 is 0. The fourth-order valence-corrected chi connectivity index (χ4v) is 4.42. The molecule has 2 aromatic rings. The summed E-state index contributed by atoms with van der Waals surface area (Å²) in [5.41, 5.74) is 8.29. The van der Waals surface area contributed by atoms with Crippen molar-refractivity contribution in [2.75, 3.05) is 26.7 Å². The largest absolute Gasteiger partial charge is 0.351 e. The van der Waals surface area contributed by atoms with Crippen molar-refractivity contribution in [3.8, 4) is 0 Å². The Hall–Kier alpha value is -2.01. The molecule has 1 aromatic carbocycles. The molecule has 0 radical (unpaired) electrons. The Morgan fingerprint density at radius 2 is 1.96 bits per heavy atom. The molecule has 0 saturated carbocycles. The zero-order chi connectivity index (χ0) is 16.7. The number of hydrogen-bond acceptors (Lipinski definition) is 2. The van der Waals surface area contributed by atoms with Gasteiger partial charge in [0.1, 0.15) is 0 Å². The van der Waals surface area contributed by atoms with Gasteiger partial charge in [-0.05, 0) is 62.3 Å². The third kappa shape index (κ3) is 2.67. The molecule has 0 spiro atoms.